The summed E-state index contributed by atoms with van der Waals surface area (Å²) in [5.41, 5.74) is 2.54. The summed E-state index contributed by atoms with van der Waals surface area (Å²) in [5.74, 6) is 0. The monoisotopic (exact) mass is 278 g/mol. The van der Waals surface area contributed by atoms with Crippen molar-refractivity contribution in [3.8, 4) is 0 Å². The Labute approximate surface area is 117 Å². The first-order chi connectivity index (χ1) is 8.81. The Morgan fingerprint density at radius 3 is 3.00 bits per heavy atom. The molecule has 94 valence electrons. The quantitative estimate of drug-likeness (QED) is 0.823. The van der Waals surface area contributed by atoms with Crippen molar-refractivity contribution in [2.24, 2.45) is 4.99 Å². The fourth-order valence-electron chi connectivity index (χ4n) is 2.36. The van der Waals surface area contributed by atoms with Crippen LogP contribution in [0.1, 0.15) is 12.0 Å². The van der Waals surface area contributed by atoms with Gasteiger partial charge in [0.25, 0.3) is 0 Å². The highest BCUT2D eigenvalue weighted by molar-refractivity contribution is 8.17. The molecule has 0 N–H and O–H groups in total. The van der Waals surface area contributed by atoms with E-state index in [0.717, 1.165) is 26.1 Å². The van der Waals surface area contributed by atoms with Crippen molar-refractivity contribution < 1.29 is 0 Å². The fraction of sp³-hybridized carbons (Fsp3) is 0.357. The summed E-state index contributed by atoms with van der Waals surface area (Å²) in [6.45, 7) is 3.08. The van der Waals surface area contributed by atoms with E-state index in [4.69, 9.17) is 11.6 Å². The van der Waals surface area contributed by atoms with E-state index in [-0.39, 0.29) is 0 Å². The predicted molar refractivity (Wildman–Crippen MR) is 79.1 cm³/mol. The molecular formula is C14H15ClN2S. The molecule has 0 spiro atoms. The Bertz CT molecular complexity index is 484. The predicted octanol–water partition coefficient (Wildman–Crippen LogP) is 3.49. The van der Waals surface area contributed by atoms with Gasteiger partial charge in [0.15, 0.2) is 4.50 Å². The first kappa shape index (κ1) is 12.3. The highest BCUT2D eigenvalue weighted by Crippen LogP contribution is 2.35. The van der Waals surface area contributed by atoms with Gasteiger partial charge in [0, 0.05) is 19.6 Å². The molecule has 1 aromatic rings. The van der Waals surface area contributed by atoms with Crippen LogP contribution in [-0.4, -0.2) is 27.7 Å². The van der Waals surface area contributed by atoms with Crippen LogP contribution in [0.4, 0.5) is 0 Å². The smallest absolute Gasteiger partial charge is 0.163 e. The Hall–Kier alpha value is -0.770. The second kappa shape index (κ2) is 5.47. The van der Waals surface area contributed by atoms with Gasteiger partial charge < -0.3 is 0 Å². The van der Waals surface area contributed by atoms with E-state index in [0.29, 0.717) is 9.75 Å². The molecule has 2 aliphatic heterocycles. The Balaban J connectivity index is 1.67. The van der Waals surface area contributed by atoms with Crippen molar-refractivity contribution in [1.82, 2.24) is 4.90 Å². The standard InChI is InChI=1S/C14H15ClN2S/c15-14-16-12-6-8-17(9-7-13(12)18-14)10-11-4-2-1-3-5-11/h1-6,13H,7-10H2. The van der Waals surface area contributed by atoms with Crippen LogP contribution in [0.3, 0.4) is 0 Å². The molecular weight excluding hydrogens is 264 g/mol. The molecule has 0 fully saturated rings. The third-order valence-electron chi connectivity index (χ3n) is 3.30. The number of hydrogen-bond acceptors (Lipinski definition) is 3. The van der Waals surface area contributed by atoms with E-state index in [1.54, 1.807) is 11.8 Å². The summed E-state index contributed by atoms with van der Waals surface area (Å²) in [6, 6.07) is 10.6. The van der Waals surface area contributed by atoms with Crippen LogP contribution < -0.4 is 0 Å². The summed E-state index contributed by atoms with van der Waals surface area (Å²) in [7, 11) is 0. The molecule has 0 bridgehead atoms. The van der Waals surface area contributed by atoms with Crippen molar-refractivity contribution in [1.29, 1.82) is 0 Å². The summed E-state index contributed by atoms with van der Waals surface area (Å²) in [6.07, 6.45) is 3.35. The SMILES string of the molecule is ClC1=NC2=CCN(Cc3ccccc3)CCC2S1. The van der Waals surface area contributed by atoms with Crippen molar-refractivity contribution in [3.63, 3.8) is 0 Å². The second-order valence-corrected chi connectivity index (χ2v) is 6.38. The topological polar surface area (TPSA) is 15.6 Å². The van der Waals surface area contributed by atoms with Crippen LogP contribution in [0.15, 0.2) is 47.1 Å². The van der Waals surface area contributed by atoms with Gasteiger partial charge in [-0.15, -0.1) is 0 Å². The van der Waals surface area contributed by atoms with E-state index < -0.39 is 0 Å². The highest BCUT2D eigenvalue weighted by atomic mass is 35.5. The van der Waals surface area contributed by atoms with E-state index in [9.17, 15) is 0 Å². The van der Waals surface area contributed by atoms with Crippen LogP contribution in [0, 0.1) is 0 Å². The van der Waals surface area contributed by atoms with E-state index >= 15 is 0 Å². The van der Waals surface area contributed by atoms with Gasteiger partial charge in [0.2, 0.25) is 0 Å². The third-order valence-corrected chi connectivity index (χ3v) is 4.70. The molecule has 2 aliphatic rings. The van der Waals surface area contributed by atoms with Crippen molar-refractivity contribution in [2.75, 3.05) is 13.1 Å². The molecule has 0 aromatic heterocycles. The van der Waals surface area contributed by atoms with Crippen molar-refractivity contribution in [3.05, 3.63) is 47.7 Å². The zero-order chi connectivity index (χ0) is 12.4. The normalized spacial score (nSPS) is 24.2. The lowest BCUT2D eigenvalue weighted by molar-refractivity contribution is 0.297. The molecule has 18 heavy (non-hydrogen) atoms. The van der Waals surface area contributed by atoms with Crippen molar-refractivity contribution in [2.45, 2.75) is 18.2 Å². The van der Waals surface area contributed by atoms with Gasteiger partial charge in [-0.25, -0.2) is 4.99 Å². The number of rotatable bonds is 2. The summed E-state index contributed by atoms with van der Waals surface area (Å²) in [4.78, 5) is 6.85. The van der Waals surface area contributed by atoms with Gasteiger partial charge in [-0.1, -0.05) is 53.7 Å². The number of hydrogen-bond donors (Lipinski definition) is 0. The first-order valence-electron chi connectivity index (χ1n) is 6.18. The molecule has 0 saturated carbocycles. The van der Waals surface area contributed by atoms with E-state index in [2.05, 4.69) is 46.3 Å². The molecule has 1 atom stereocenters. The maximum absolute atomic E-state index is 5.96. The van der Waals surface area contributed by atoms with Crippen LogP contribution in [0.25, 0.3) is 0 Å². The number of halogens is 1. The molecule has 1 unspecified atom stereocenters. The van der Waals surface area contributed by atoms with Crippen LogP contribution in [0.5, 0.6) is 0 Å². The molecule has 1 aromatic carbocycles. The molecule has 3 rings (SSSR count). The lowest BCUT2D eigenvalue weighted by atomic mass is 10.2. The van der Waals surface area contributed by atoms with Gasteiger partial charge in [-0.2, -0.15) is 0 Å². The second-order valence-electron chi connectivity index (χ2n) is 4.61. The number of thioether (sulfide) groups is 1. The molecule has 2 heterocycles. The summed E-state index contributed by atoms with van der Waals surface area (Å²) in [5, 5.41) is 0.471. The van der Waals surface area contributed by atoms with Gasteiger partial charge in [0.05, 0.1) is 10.9 Å². The van der Waals surface area contributed by atoms with Crippen molar-refractivity contribution >= 4 is 27.9 Å². The van der Waals surface area contributed by atoms with E-state index in [1.807, 2.05) is 0 Å². The van der Waals surface area contributed by atoms with Crippen LogP contribution in [0.2, 0.25) is 0 Å². The number of aliphatic imine (C=N–C) groups is 1. The maximum Gasteiger partial charge on any atom is 0.163 e. The summed E-state index contributed by atoms with van der Waals surface area (Å²) >= 11 is 7.66. The minimum atomic E-state index is 0.471. The Morgan fingerprint density at radius 1 is 1.33 bits per heavy atom. The lowest BCUT2D eigenvalue weighted by Crippen LogP contribution is -2.24. The van der Waals surface area contributed by atoms with E-state index in [1.165, 1.54) is 11.3 Å². The highest BCUT2D eigenvalue weighted by Gasteiger charge is 2.26. The average molecular weight is 279 g/mol. The minimum Gasteiger partial charge on any atom is -0.295 e. The van der Waals surface area contributed by atoms with Gasteiger partial charge >= 0.3 is 0 Å². The molecule has 0 saturated heterocycles. The minimum absolute atomic E-state index is 0.471. The van der Waals surface area contributed by atoms with Gasteiger partial charge in [-0.3, -0.25) is 4.90 Å². The number of nitrogens with zero attached hydrogens (tertiary/aromatic N) is 2. The molecule has 2 nitrogen and oxygen atoms in total. The third kappa shape index (κ3) is 2.79. The maximum atomic E-state index is 5.96. The molecule has 0 amide bonds. The first-order valence-corrected chi connectivity index (χ1v) is 7.44. The fourth-order valence-corrected chi connectivity index (χ4v) is 3.67. The molecule has 0 radical (unpaired) electrons. The zero-order valence-electron chi connectivity index (χ0n) is 10.1. The molecule has 0 aliphatic carbocycles. The number of fused-ring (bicyclic) bond motifs is 1. The Kier molecular flexibility index (Phi) is 3.73. The Morgan fingerprint density at radius 2 is 2.17 bits per heavy atom. The van der Waals surface area contributed by atoms with Gasteiger partial charge in [-0.05, 0) is 18.1 Å². The number of benzene rings is 1. The van der Waals surface area contributed by atoms with Crippen LogP contribution in [-0.2, 0) is 6.54 Å². The van der Waals surface area contributed by atoms with Gasteiger partial charge in [0.1, 0.15) is 0 Å². The summed E-state index contributed by atoms with van der Waals surface area (Å²) < 4.78 is 0.697. The van der Waals surface area contributed by atoms with Crippen LogP contribution >= 0.6 is 23.4 Å². The largest absolute Gasteiger partial charge is 0.295 e. The zero-order valence-corrected chi connectivity index (χ0v) is 11.6. The molecule has 4 heteroatoms. The lowest BCUT2D eigenvalue weighted by Gasteiger charge is -2.19. The average Bonchev–Trinajstić information content (AvgIpc) is 2.65.